The van der Waals surface area contributed by atoms with Gasteiger partial charge in [-0.2, -0.15) is 0 Å². The molecule has 1 aromatic carbocycles. The third kappa shape index (κ3) is 2.00. The third-order valence-electron chi connectivity index (χ3n) is 3.11. The predicted molar refractivity (Wildman–Crippen MR) is 69.2 cm³/mol. The van der Waals surface area contributed by atoms with Crippen LogP contribution in [0.3, 0.4) is 0 Å². The van der Waals surface area contributed by atoms with Gasteiger partial charge in [0.05, 0.1) is 17.7 Å². The largest absolute Gasteiger partial charge is 0.478 e. The Labute approximate surface area is 119 Å². The Morgan fingerprint density at radius 1 is 1.29 bits per heavy atom. The normalized spacial score (nSPS) is 16.0. The Morgan fingerprint density at radius 2 is 2.00 bits per heavy atom. The number of hydrogen-bond acceptors (Lipinski definition) is 5. The van der Waals surface area contributed by atoms with Crippen molar-refractivity contribution in [2.45, 2.75) is 11.4 Å². The fourth-order valence-corrected chi connectivity index (χ4v) is 3.64. The van der Waals surface area contributed by atoms with E-state index in [1.165, 1.54) is 24.3 Å². The number of benzene rings is 1. The third-order valence-corrected chi connectivity index (χ3v) is 4.90. The number of furan rings is 1. The predicted octanol–water partition coefficient (Wildman–Crippen LogP) is 1.32. The molecule has 3 rings (SSSR count). The minimum atomic E-state index is -3.93. The molecule has 0 unspecified atom stereocenters. The Hall–Kier alpha value is -2.61. The van der Waals surface area contributed by atoms with Gasteiger partial charge in [0.25, 0.3) is 15.9 Å². The standard InChI is InChI=1S/C13H9NO6S/c15-12-10-3-1-2-4-11(10)21(18,19)14(12)6-9-5-8(7-20-9)13(16)17/h1-5,7H,6H2,(H,16,17). The summed E-state index contributed by atoms with van der Waals surface area (Å²) in [6, 6.07) is 7.08. The summed E-state index contributed by atoms with van der Waals surface area (Å²) in [5.41, 5.74) is -0.00549. The summed E-state index contributed by atoms with van der Waals surface area (Å²) < 4.78 is 30.2. The molecule has 108 valence electrons. The molecule has 0 radical (unpaired) electrons. The molecule has 0 bridgehead atoms. The van der Waals surface area contributed by atoms with E-state index in [-0.39, 0.29) is 28.3 Å². The first-order valence-electron chi connectivity index (χ1n) is 5.88. The van der Waals surface area contributed by atoms with Crippen LogP contribution in [0.2, 0.25) is 0 Å². The van der Waals surface area contributed by atoms with Crippen LogP contribution in [0, 0.1) is 0 Å². The van der Waals surface area contributed by atoms with Gasteiger partial charge in [-0.1, -0.05) is 12.1 Å². The molecule has 1 N–H and O–H groups in total. The number of hydrogen-bond donors (Lipinski definition) is 1. The first-order valence-corrected chi connectivity index (χ1v) is 7.32. The highest BCUT2D eigenvalue weighted by Crippen LogP contribution is 2.31. The second-order valence-electron chi connectivity index (χ2n) is 4.42. The van der Waals surface area contributed by atoms with Crippen LogP contribution in [0.5, 0.6) is 0 Å². The van der Waals surface area contributed by atoms with Crippen LogP contribution in [0.1, 0.15) is 26.5 Å². The Bertz CT molecular complexity index is 851. The maximum Gasteiger partial charge on any atom is 0.338 e. The maximum absolute atomic E-state index is 12.3. The van der Waals surface area contributed by atoms with Crippen LogP contribution < -0.4 is 0 Å². The SMILES string of the molecule is O=C(O)c1coc(CN2C(=O)c3ccccc3S2(=O)=O)c1. The number of carboxylic acid groups (broad SMARTS) is 1. The van der Waals surface area contributed by atoms with Crippen molar-refractivity contribution in [3.8, 4) is 0 Å². The van der Waals surface area contributed by atoms with Crippen molar-refractivity contribution in [3.63, 3.8) is 0 Å². The molecule has 7 nitrogen and oxygen atoms in total. The molecular weight excluding hydrogens is 298 g/mol. The number of carbonyl (C=O) groups excluding carboxylic acids is 1. The number of carbonyl (C=O) groups is 2. The molecule has 8 heteroatoms. The van der Waals surface area contributed by atoms with E-state index in [1.54, 1.807) is 6.07 Å². The van der Waals surface area contributed by atoms with E-state index >= 15 is 0 Å². The van der Waals surface area contributed by atoms with Crippen LogP contribution in [-0.4, -0.2) is 29.7 Å². The summed E-state index contributed by atoms with van der Waals surface area (Å²) in [6.45, 7) is -0.344. The summed E-state index contributed by atoms with van der Waals surface area (Å²) in [7, 11) is -3.93. The highest BCUT2D eigenvalue weighted by Gasteiger charge is 2.41. The number of carboxylic acids is 1. The van der Waals surface area contributed by atoms with Crippen molar-refractivity contribution in [1.82, 2.24) is 4.31 Å². The van der Waals surface area contributed by atoms with Gasteiger partial charge in [0, 0.05) is 0 Å². The van der Waals surface area contributed by atoms with E-state index < -0.39 is 21.9 Å². The van der Waals surface area contributed by atoms with Crippen LogP contribution >= 0.6 is 0 Å². The minimum Gasteiger partial charge on any atom is -0.478 e. The molecular formula is C13H9NO6S. The van der Waals surface area contributed by atoms with E-state index in [0.29, 0.717) is 4.31 Å². The van der Waals surface area contributed by atoms with Gasteiger partial charge in [0.2, 0.25) is 0 Å². The molecule has 0 spiro atoms. The number of rotatable bonds is 3. The smallest absolute Gasteiger partial charge is 0.338 e. The number of nitrogens with zero attached hydrogens (tertiary/aromatic N) is 1. The second kappa shape index (κ2) is 4.45. The van der Waals surface area contributed by atoms with E-state index in [2.05, 4.69) is 0 Å². The zero-order valence-electron chi connectivity index (χ0n) is 10.5. The molecule has 1 aliphatic rings. The van der Waals surface area contributed by atoms with Crippen LogP contribution in [0.25, 0.3) is 0 Å². The van der Waals surface area contributed by atoms with Crippen molar-refractivity contribution in [2.75, 3.05) is 0 Å². The lowest BCUT2D eigenvalue weighted by molar-refractivity contribution is 0.0695. The van der Waals surface area contributed by atoms with Gasteiger partial charge in [0.1, 0.15) is 16.9 Å². The van der Waals surface area contributed by atoms with Crippen molar-refractivity contribution in [2.24, 2.45) is 0 Å². The lowest BCUT2D eigenvalue weighted by atomic mass is 10.2. The second-order valence-corrected chi connectivity index (χ2v) is 6.25. The quantitative estimate of drug-likeness (QED) is 0.917. The lowest BCUT2D eigenvalue weighted by Crippen LogP contribution is -2.29. The summed E-state index contributed by atoms with van der Waals surface area (Å²) in [5, 5.41) is 8.80. The van der Waals surface area contributed by atoms with Gasteiger partial charge in [0.15, 0.2) is 0 Å². The summed E-state index contributed by atoms with van der Waals surface area (Å²) in [5.74, 6) is -1.76. The zero-order valence-corrected chi connectivity index (χ0v) is 11.3. The van der Waals surface area contributed by atoms with Crippen molar-refractivity contribution in [3.05, 3.63) is 53.5 Å². The molecule has 2 heterocycles. The molecule has 2 aromatic rings. The molecule has 0 fully saturated rings. The zero-order chi connectivity index (χ0) is 15.2. The highest BCUT2D eigenvalue weighted by molar-refractivity contribution is 7.90. The van der Waals surface area contributed by atoms with Gasteiger partial charge in [-0.3, -0.25) is 4.79 Å². The van der Waals surface area contributed by atoms with Crippen LogP contribution in [-0.2, 0) is 16.6 Å². The highest BCUT2D eigenvalue weighted by atomic mass is 32.2. The molecule has 0 aliphatic carbocycles. The number of amides is 1. The van der Waals surface area contributed by atoms with Crippen molar-refractivity contribution in [1.29, 1.82) is 0 Å². The Kier molecular flexibility index (Phi) is 2.84. The van der Waals surface area contributed by atoms with Gasteiger partial charge in [-0.25, -0.2) is 17.5 Å². The number of fused-ring (bicyclic) bond motifs is 1. The van der Waals surface area contributed by atoms with E-state index in [1.807, 2.05) is 0 Å². The monoisotopic (exact) mass is 307 g/mol. The van der Waals surface area contributed by atoms with Crippen LogP contribution in [0.4, 0.5) is 0 Å². The molecule has 1 aliphatic heterocycles. The van der Waals surface area contributed by atoms with Gasteiger partial charge >= 0.3 is 5.97 Å². The minimum absolute atomic E-state index is 0.0555. The average molecular weight is 307 g/mol. The molecule has 1 aromatic heterocycles. The van der Waals surface area contributed by atoms with Gasteiger partial charge in [-0.15, -0.1) is 0 Å². The molecule has 1 amide bonds. The van der Waals surface area contributed by atoms with E-state index in [0.717, 1.165) is 6.26 Å². The summed E-state index contributed by atoms with van der Waals surface area (Å²) in [6.07, 6.45) is 0.998. The Balaban J connectivity index is 1.97. The van der Waals surface area contributed by atoms with Crippen LogP contribution in [0.15, 0.2) is 45.9 Å². The first kappa shape index (κ1) is 13.4. The first-order chi connectivity index (χ1) is 9.91. The number of sulfonamides is 1. The molecule has 0 saturated heterocycles. The topological polar surface area (TPSA) is 105 Å². The fraction of sp³-hybridized carbons (Fsp3) is 0.0769. The Morgan fingerprint density at radius 3 is 2.62 bits per heavy atom. The van der Waals surface area contributed by atoms with E-state index in [4.69, 9.17) is 9.52 Å². The van der Waals surface area contributed by atoms with E-state index in [9.17, 15) is 18.0 Å². The lowest BCUT2D eigenvalue weighted by Gasteiger charge is -2.12. The van der Waals surface area contributed by atoms with Gasteiger partial charge < -0.3 is 9.52 Å². The van der Waals surface area contributed by atoms with Crippen molar-refractivity contribution >= 4 is 21.9 Å². The number of aromatic carboxylic acids is 1. The fourth-order valence-electron chi connectivity index (χ4n) is 2.10. The maximum atomic E-state index is 12.3. The summed E-state index contributed by atoms with van der Waals surface area (Å²) >= 11 is 0. The summed E-state index contributed by atoms with van der Waals surface area (Å²) in [4.78, 5) is 22.9. The van der Waals surface area contributed by atoms with Gasteiger partial charge in [-0.05, 0) is 18.2 Å². The van der Waals surface area contributed by atoms with Crippen molar-refractivity contribution < 1.29 is 27.5 Å². The molecule has 0 atom stereocenters. The molecule has 21 heavy (non-hydrogen) atoms. The molecule has 0 saturated carbocycles. The average Bonchev–Trinajstić information content (AvgIpc) is 2.98.